The number of anilines is 2. The van der Waals surface area contributed by atoms with Gasteiger partial charge in [-0.25, -0.2) is 19.7 Å². The summed E-state index contributed by atoms with van der Waals surface area (Å²) in [7, 11) is 0. The molecule has 1 atom stereocenters. The Morgan fingerprint density at radius 2 is 1.97 bits per heavy atom. The highest BCUT2D eigenvalue weighted by molar-refractivity contribution is 6.29. The Bertz CT molecular complexity index is 1610. The molecule has 4 aromatic rings. The number of rotatable bonds is 5. The maximum atomic E-state index is 13.1. The second-order valence-corrected chi connectivity index (χ2v) is 8.87. The number of aryl methyl sites for hydroxylation is 1. The Hall–Kier alpha value is -4.55. The van der Waals surface area contributed by atoms with Crippen LogP contribution >= 0.6 is 11.6 Å². The molecule has 2 N–H and O–H groups in total. The third kappa shape index (κ3) is 3.97. The van der Waals surface area contributed by atoms with Gasteiger partial charge in [-0.2, -0.15) is 5.26 Å². The van der Waals surface area contributed by atoms with E-state index < -0.39 is 12.0 Å². The van der Waals surface area contributed by atoms with Gasteiger partial charge < -0.3 is 10.4 Å². The highest BCUT2D eigenvalue weighted by Gasteiger charge is 2.32. The summed E-state index contributed by atoms with van der Waals surface area (Å²) in [6.07, 6.45) is 0. The number of benzene rings is 2. The number of fused-ring (bicyclic) bond motifs is 2. The third-order valence-corrected chi connectivity index (χ3v) is 6.22. The van der Waals surface area contributed by atoms with Crippen molar-refractivity contribution in [2.45, 2.75) is 26.4 Å². The number of aromatic nitrogens is 3. The molecule has 10 heteroatoms. The Kier molecular flexibility index (Phi) is 5.74. The van der Waals surface area contributed by atoms with Crippen molar-refractivity contribution >= 4 is 46.0 Å². The van der Waals surface area contributed by atoms with Crippen LogP contribution in [0.15, 0.2) is 48.5 Å². The second-order valence-electron chi connectivity index (χ2n) is 8.48. The van der Waals surface area contributed by atoms with Crippen LogP contribution in [0.5, 0.6) is 0 Å². The van der Waals surface area contributed by atoms with Crippen molar-refractivity contribution in [3.05, 3.63) is 87.3 Å². The van der Waals surface area contributed by atoms with E-state index in [0.717, 1.165) is 16.7 Å². The maximum Gasteiger partial charge on any atom is 0.356 e. The van der Waals surface area contributed by atoms with Crippen LogP contribution in [0, 0.1) is 18.3 Å². The number of nitrogens with one attached hydrogen (secondary N) is 1. The Labute approximate surface area is 211 Å². The number of amides is 1. The molecule has 0 bridgehead atoms. The van der Waals surface area contributed by atoms with Gasteiger partial charge in [-0.15, -0.1) is 0 Å². The van der Waals surface area contributed by atoms with Crippen LogP contribution < -0.4 is 10.2 Å². The van der Waals surface area contributed by atoms with Crippen molar-refractivity contribution in [2.75, 3.05) is 10.2 Å². The number of nitriles is 1. The van der Waals surface area contributed by atoms with Gasteiger partial charge >= 0.3 is 5.97 Å². The van der Waals surface area contributed by atoms with E-state index in [4.69, 9.17) is 16.6 Å². The van der Waals surface area contributed by atoms with Gasteiger partial charge in [0.1, 0.15) is 11.2 Å². The van der Waals surface area contributed by atoms with Gasteiger partial charge in [0.15, 0.2) is 17.2 Å². The molecule has 0 spiro atoms. The smallest absolute Gasteiger partial charge is 0.356 e. The van der Waals surface area contributed by atoms with E-state index >= 15 is 0 Å². The van der Waals surface area contributed by atoms with Crippen LogP contribution in [0.1, 0.15) is 56.2 Å². The molecular formula is C26H19ClN6O3. The molecule has 178 valence electrons. The van der Waals surface area contributed by atoms with E-state index in [1.54, 1.807) is 18.2 Å². The van der Waals surface area contributed by atoms with Crippen molar-refractivity contribution in [1.82, 2.24) is 15.0 Å². The van der Waals surface area contributed by atoms with Crippen molar-refractivity contribution in [1.29, 1.82) is 5.26 Å². The Balaban J connectivity index is 1.61. The summed E-state index contributed by atoms with van der Waals surface area (Å²) in [5.74, 6) is -1.27. The maximum absolute atomic E-state index is 13.1. The van der Waals surface area contributed by atoms with Gasteiger partial charge in [0, 0.05) is 11.1 Å². The van der Waals surface area contributed by atoms with Crippen LogP contribution in [-0.2, 0) is 6.54 Å². The van der Waals surface area contributed by atoms with Gasteiger partial charge in [-0.1, -0.05) is 35.9 Å². The van der Waals surface area contributed by atoms with Crippen LogP contribution in [0.25, 0.3) is 11.0 Å². The number of carboxylic acids is 1. The molecule has 1 aliphatic heterocycles. The van der Waals surface area contributed by atoms with E-state index in [-0.39, 0.29) is 34.8 Å². The Morgan fingerprint density at radius 3 is 2.69 bits per heavy atom. The summed E-state index contributed by atoms with van der Waals surface area (Å²) in [6, 6.07) is 15.7. The largest absolute Gasteiger partial charge is 0.476 e. The minimum atomic E-state index is -1.21. The molecule has 0 radical (unpaired) electrons. The predicted molar refractivity (Wildman–Crippen MR) is 134 cm³/mol. The summed E-state index contributed by atoms with van der Waals surface area (Å²) >= 11 is 5.89. The van der Waals surface area contributed by atoms with Gasteiger partial charge in [0.2, 0.25) is 0 Å². The SMILES string of the molecule is Cc1cc([C@@H](C)Nc2ccc(Cl)nc2C(=O)O)c2nc(N3Cc4ccccc4C3=O)c(C#N)nc2c1. The first-order valence-electron chi connectivity index (χ1n) is 11.1. The first kappa shape index (κ1) is 23.2. The van der Waals surface area contributed by atoms with Crippen LogP contribution in [0.3, 0.4) is 0 Å². The normalized spacial score (nSPS) is 13.4. The molecule has 5 rings (SSSR count). The van der Waals surface area contributed by atoms with Gasteiger partial charge in [0.05, 0.1) is 29.3 Å². The molecule has 1 aliphatic rings. The van der Waals surface area contributed by atoms with Crippen molar-refractivity contribution < 1.29 is 14.7 Å². The number of carbonyl (C=O) groups is 2. The number of hydrogen-bond donors (Lipinski definition) is 2. The van der Waals surface area contributed by atoms with Crippen LogP contribution in [0.2, 0.25) is 5.15 Å². The number of halogens is 1. The molecule has 0 saturated heterocycles. The molecule has 0 saturated carbocycles. The lowest BCUT2D eigenvalue weighted by Gasteiger charge is -2.21. The average Bonchev–Trinajstić information content (AvgIpc) is 3.19. The number of pyridine rings is 1. The molecule has 9 nitrogen and oxygen atoms in total. The fraction of sp³-hybridized carbons (Fsp3) is 0.154. The van der Waals surface area contributed by atoms with Gasteiger partial charge in [-0.05, 0) is 49.2 Å². The van der Waals surface area contributed by atoms with Crippen LogP contribution in [0.4, 0.5) is 11.5 Å². The molecule has 0 aliphatic carbocycles. The molecule has 0 fully saturated rings. The number of aromatic carboxylic acids is 1. The van der Waals surface area contributed by atoms with E-state index in [0.29, 0.717) is 22.3 Å². The average molecular weight is 499 g/mol. The zero-order valence-corrected chi connectivity index (χ0v) is 20.0. The summed E-state index contributed by atoms with van der Waals surface area (Å²) in [5, 5.41) is 22.6. The lowest BCUT2D eigenvalue weighted by Crippen LogP contribution is -2.26. The zero-order chi connectivity index (χ0) is 25.6. The lowest BCUT2D eigenvalue weighted by atomic mass is 10.0. The number of hydrogen-bond acceptors (Lipinski definition) is 7. The standard InChI is InChI=1S/C26H19ClN6O3/c1-13-9-17(14(2)29-18-7-8-21(27)31-23(18)26(35)36)22-19(10-13)30-20(11-28)24(32-22)33-12-15-5-3-4-6-16(15)25(33)34/h3-10,14,29H,12H2,1-2H3,(H,35,36)/t14-/m1/s1. The Morgan fingerprint density at radius 1 is 1.19 bits per heavy atom. The molecule has 0 unspecified atom stereocenters. The molecule has 36 heavy (non-hydrogen) atoms. The molecule has 2 aromatic heterocycles. The molecule has 1 amide bonds. The first-order chi connectivity index (χ1) is 17.3. The highest BCUT2D eigenvalue weighted by atomic mass is 35.5. The number of carbonyl (C=O) groups excluding carboxylic acids is 1. The molecule has 3 heterocycles. The lowest BCUT2D eigenvalue weighted by molar-refractivity contribution is 0.0691. The third-order valence-electron chi connectivity index (χ3n) is 6.01. The second kappa shape index (κ2) is 8.91. The summed E-state index contributed by atoms with van der Waals surface area (Å²) in [6.45, 7) is 4.03. The van der Waals surface area contributed by atoms with E-state index in [2.05, 4.69) is 21.4 Å². The van der Waals surface area contributed by atoms with Crippen molar-refractivity contribution in [3.63, 3.8) is 0 Å². The quantitative estimate of drug-likeness (QED) is 0.372. The van der Waals surface area contributed by atoms with Crippen molar-refractivity contribution in [2.24, 2.45) is 0 Å². The predicted octanol–water partition coefficient (Wildman–Crippen LogP) is 4.89. The van der Waals surface area contributed by atoms with E-state index in [1.165, 1.54) is 11.0 Å². The summed E-state index contributed by atoms with van der Waals surface area (Å²) in [5.41, 5.74) is 4.16. The van der Waals surface area contributed by atoms with Gasteiger partial charge in [0.25, 0.3) is 5.91 Å². The van der Waals surface area contributed by atoms with Crippen molar-refractivity contribution in [3.8, 4) is 6.07 Å². The molecule has 2 aromatic carbocycles. The monoisotopic (exact) mass is 498 g/mol. The summed E-state index contributed by atoms with van der Waals surface area (Å²) < 4.78 is 0. The number of carboxylic acid groups (broad SMARTS) is 1. The topological polar surface area (TPSA) is 132 Å². The first-order valence-corrected chi connectivity index (χ1v) is 11.4. The summed E-state index contributed by atoms with van der Waals surface area (Å²) in [4.78, 5) is 39.5. The van der Waals surface area contributed by atoms with Crippen LogP contribution in [-0.4, -0.2) is 31.9 Å². The minimum absolute atomic E-state index is 0.0517. The highest BCUT2D eigenvalue weighted by Crippen LogP contribution is 2.33. The van der Waals surface area contributed by atoms with E-state index in [1.807, 2.05) is 38.1 Å². The fourth-order valence-corrected chi connectivity index (χ4v) is 4.52. The number of nitrogens with zero attached hydrogens (tertiary/aromatic N) is 5. The van der Waals surface area contributed by atoms with E-state index in [9.17, 15) is 20.0 Å². The van der Waals surface area contributed by atoms with Gasteiger partial charge in [-0.3, -0.25) is 9.69 Å². The fourth-order valence-electron chi connectivity index (χ4n) is 4.37. The minimum Gasteiger partial charge on any atom is -0.476 e. The molecular weight excluding hydrogens is 480 g/mol. The zero-order valence-electron chi connectivity index (χ0n) is 19.3.